The fourth-order valence-electron chi connectivity index (χ4n) is 9.30. The van der Waals surface area contributed by atoms with Crippen LogP contribution in [-0.4, -0.2) is 46.9 Å². The van der Waals surface area contributed by atoms with E-state index < -0.39 is 18.2 Å². The van der Waals surface area contributed by atoms with Crippen LogP contribution in [0.2, 0.25) is 0 Å². The number of aliphatic hydroxyl groups excluding tert-OH is 2. The van der Waals surface area contributed by atoms with Gasteiger partial charge in [0.15, 0.2) is 0 Å². The van der Waals surface area contributed by atoms with Gasteiger partial charge in [0.2, 0.25) is 5.91 Å². The maximum atomic E-state index is 13.3. The molecule has 3 N–H and O–H groups in total. The largest absolute Gasteiger partial charge is 0.462 e. The highest BCUT2D eigenvalue weighted by Gasteiger charge is 2.24. The minimum atomic E-state index is -0.802. The number of esters is 1. The molecule has 0 aliphatic heterocycles. The van der Waals surface area contributed by atoms with E-state index in [-0.39, 0.29) is 24.9 Å². The van der Waals surface area contributed by atoms with Gasteiger partial charge in [-0.3, -0.25) is 9.59 Å². The molecule has 3 unspecified atom stereocenters. The van der Waals surface area contributed by atoms with Gasteiger partial charge in [-0.1, -0.05) is 288 Å². The molecule has 0 bridgehead atoms. The van der Waals surface area contributed by atoms with E-state index in [4.69, 9.17) is 4.74 Å². The lowest BCUT2D eigenvalue weighted by atomic mass is 10.0. The summed E-state index contributed by atoms with van der Waals surface area (Å²) in [7, 11) is 0. The van der Waals surface area contributed by atoms with Gasteiger partial charge in [0, 0.05) is 6.42 Å². The molecular weight excluding hydrogens is 851 g/mol. The van der Waals surface area contributed by atoms with Gasteiger partial charge in [-0.15, -0.1) is 0 Å². The normalized spacial score (nSPS) is 13.4. The Morgan fingerprint density at radius 2 is 0.754 bits per heavy atom. The van der Waals surface area contributed by atoms with Crippen LogP contribution in [0.5, 0.6) is 0 Å². The lowest BCUT2D eigenvalue weighted by Crippen LogP contribution is -2.46. The Balaban J connectivity index is 4.61. The van der Waals surface area contributed by atoms with Gasteiger partial charge in [-0.2, -0.15) is 0 Å². The molecule has 0 heterocycles. The molecule has 0 aliphatic rings. The van der Waals surface area contributed by atoms with Crippen molar-refractivity contribution in [1.29, 1.82) is 0 Å². The molecule has 404 valence electrons. The predicted octanol–water partition coefficient (Wildman–Crippen LogP) is 19.0. The molecule has 0 fully saturated rings. The van der Waals surface area contributed by atoms with Crippen molar-refractivity contribution in [1.82, 2.24) is 5.32 Å². The molecular formula is C63H117NO5. The first-order valence-electron chi connectivity index (χ1n) is 30.4. The zero-order chi connectivity index (χ0) is 50.2. The van der Waals surface area contributed by atoms with E-state index in [1.54, 1.807) is 0 Å². The Hall–Kier alpha value is -2.18. The highest BCUT2D eigenvalue weighted by atomic mass is 16.5. The molecule has 0 aromatic carbocycles. The number of hydrogen-bond acceptors (Lipinski definition) is 5. The van der Waals surface area contributed by atoms with E-state index in [2.05, 4.69) is 74.7 Å². The summed E-state index contributed by atoms with van der Waals surface area (Å²) in [6.07, 6.45) is 70.4. The molecule has 6 nitrogen and oxygen atoms in total. The van der Waals surface area contributed by atoms with Crippen LogP contribution >= 0.6 is 0 Å². The average Bonchev–Trinajstić information content (AvgIpc) is 3.34. The van der Waals surface area contributed by atoms with Crippen molar-refractivity contribution in [3.05, 3.63) is 48.6 Å². The highest BCUT2D eigenvalue weighted by Crippen LogP contribution is 2.18. The summed E-state index contributed by atoms with van der Waals surface area (Å²) in [4.78, 5) is 26.3. The fraction of sp³-hybridized carbons (Fsp3) is 0.841. The summed E-state index contributed by atoms with van der Waals surface area (Å²) < 4.78 is 5.95. The summed E-state index contributed by atoms with van der Waals surface area (Å²) in [5.41, 5.74) is 0. The molecule has 3 atom stereocenters. The predicted molar refractivity (Wildman–Crippen MR) is 301 cm³/mol. The number of ether oxygens (including phenoxy) is 1. The van der Waals surface area contributed by atoms with Gasteiger partial charge >= 0.3 is 5.97 Å². The summed E-state index contributed by atoms with van der Waals surface area (Å²) in [6, 6.07) is -0.719. The Morgan fingerprint density at radius 3 is 1.14 bits per heavy atom. The molecule has 0 rings (SSSR count). The Labute approximate surface area is 429 Å². The van der Waals surface area contributed by atoms with Crippen LogP contribution in [0.4, 0.5) is 0 Å². The topological polar surface area (TPSA) is 95.9 Å². The number of carbonyl (C=O) groups excluding carboxylic acids is 2. The first-order chi connectivity index (χ1) is 34.0. The average molecular weight is 969 g/mol. The van der Waals surface area contributed by atoms with E-state index in [9.17, 15) is 19.8 Å². The summed E-state index contributed by atoms with van der Waals surface area (Å²) >= 11 is 0. The minimum absolute atomic E-state index is 0.0433. The third kappa shape index (κ3) is 52.0. The summed E-state index contributed by atoms with van der Waals surface area (Å²) in [5.74, 6) is -0.512. The van der Waals surface area contributed by atoms with Gasteiger partial charge in [-0.25, -0.2) is 0 Å². The number of carbonyl (C=O) groups is 2. The van der Waals surface area contributed by atoms with Crippen molar-refractivity contribution >= 4 is 11.9 Å². The quantitative estimate of drug-likeness (QED) is 0.0321. The zero-order valence-electron chi connectivity index (χ0n) is 46.2. The van der Waals surface area contributed by atoms with Gasteiger partial charge < -0.3 is 20.3 Å². The molecule has 1 amide bonds. The van der Waals surface area contributed by atoms with Crippen LogP contribution in [0.3, 0.4) is 0 Å². The number of unbranched alkanes of at least 4 members (excludes halogenated alkanes) is 35. The SMILES string of the molecule is CCCCC/C=C\C/C=C\C/C=C\C/C=C\CCCC(CC(=O)NC(CO)C(O)CCCCCCCCCCCCCCCCC)OC(=O)CCCCCCCCCCCCCCCCCCCC. The van der Waals surface area contributed by atoms with Gasteiger partial charge in [-0.05, 0) is 64.2 Å². The number of hydrogen-bond donors (Lipinski definition) is 3. The molecule has 0 aliphatic carbocycles. The third-order valence-corrected chi connectivity index (χ3v) is 13.9. The maximum Gasteiger partial charge on any atom is 0.306 e. The van der Waals surface area contributed by atoms with E-state index in [0.29, 0.717) is 19.3 Å². The fourth-order valence-corrected chi connectivity index (χ4v) is 9.30. The van der Waals surface area contributed by atoms with E-state index in [1.807, 2.05) is 0 Å². The molecule has 0 saturated heterocycles. The Kier molecular flexibility index (Phi) is 54.9. The lowest BCUT2D eigenvalue weighted by Gasteiger charge is -2.24. The second-order valence-corrected chi connectivity index (χ2v) is 20.8. The van der Waals surface area contributed by atoms with Gasteiger partial charge in [0.25, 0.3) is 0 Å². The van der Waals surface area contributed by atoms with Crippen molar-refractivity contribution in [3.63, 3.8) is 0 Å². The Morgan fingerprint density at radius 1 is 0.420 bits per heavy atom. The third-order valence-electron chi connectivity index (χ3n) is 13.9. The minimum Gasteiger partial charge on any atom is -0.462 e. The summed E-state index contributed by atoms with van der Waals surface area (Å²) in [5, 5.41) is 23.9. The van der Waals surface area contributed by atoms with Crippen molar-refractivity contribution in [3.8, 4) is 0 Å². The molecule has 0 saturated carbocycles. The number of rotatable bonds is 55. The van der Waals surface area contributed by atoms with Crippen LogP contribution in [0.1, 0.15) is 316 Å². The number of amides is 1. The van der Waals surface area contributed by atoms with Crippen molar-refractivity contribution in [2.75, 3.05) is 6.61 Å². The smallest absolute Gasteiger partial charge is 0.306 e. The van der Waals surface area contributed by atoms with Crippen LogP contribution in [0.25, 0.3) is 0 Å². The molecule has 6 heteroatoms. The van der Waals surface area contributed by atoms with Crippen molar-refractivity contribution in [2.45, 2.75) is 334 Å². The maximum absolute atomic E-state index is 13.3. The number of aliphatic hydroxyl groups is 2. The number of nitrogens with one attached hydrogen (secondary N) is 1. The second-order valence-electron chi connectivity index (χ2n) is 20.8. The monoisotopic (exact) mass is 968 g/mol. The summed E-state index contributed by atoms with van der Waals surface area (Å²) in [6.45, 7) is 6.48. The van der Waals surface area contributed by atoms with Crippen LogP contribution < -0.4 is 5.32 Å². The second kappa shape index (κ2) is 56.7. The zero-order valence-corrected chi connectivity index (χ0v) is 46.2. The van der Waals surface area contributed by atoms with E-state index in [0.717, 1.165) is 70.6 Å². The molecule has 0 spiro atoms. The van der Waals surface area contributed by atoms with Crippen molar-refractivity contribution in [2.24, 2.45) is 0 Å². The lowest BCUT2D eigenvalue weighted by molar-refractivity contribution is -0.151. The van der Waals surface area contributed by atoms with Crippen molar-refractivity contribution < 1.29 is 24.5 Å². The van der Waals surface area contributed by atoms with Gasteiger partial charge in [0.1, 0.15) is 6.10 Å². The highest BCUT2D eigenvalue weighted by molar-refractivity contribution is 5.77. The van der Waals surface area contributed by atoms with Gasteiger partial charge in [0.05, 0.1) is 25.2 Å². The first-order valence-corrected chi connectivity index (χ1v) is 30.4. The molecule has 69 heavy (non-hydrogen) atoms. The standard InChI is InChI=1S/C63H117NO5/c1-4-7-10-13-16-19-22-25-28-30-32-35-38-41-44-47-50-53-56-63(68)69-59(54-51-48-45-42-39-36-34-31-29-26-23-20-17-14-11-8-5-2)57-62(67)64-60(58-65)61(66)55-52-49-46-43-40-37-33-27-24-21-18-15-12-9-6-3/h17,20,26,29,34,36,42,45,59-61,65-66H,4-16,18-19,21-25,27-28,30-33,35,37-41,43-44,46-58H2,1-3H3,(H,64,67)/b20-17-,29-26-,36-34-,45-42-. The molecule has 0 aromatic heterocycles. The molecule has 0 radical (unpaired) electrons. The van der Waals surface area contributed by atoms with Crippen LogP contribution in [-0.2, 0) is 14.3 Å². The van der Waals surface area contributed by atoms with Crippen LogP contribution in [0.15, 0.2) is 48.6 Å². The number of allylic oxidation sites excluding steroid dienone is 8. The molecule has 0 aromatic rings. The first kappa shape index (κ1) is 66.8. The van der Waals surface area contributed by atoms with Crippen LogP contribution in [0, 0.1) is 0 Å². The Bertz CT molecular complexity index is 1180. The van der Waals surface area contributed by atoms with E-state index in [1.165, 1.54) is 199 Å². The van der Waals surface area contributed by atoms with E-state index >= 15 is 0 Å².